The van der Waals surface area contributed by atoms with Gasteiger partial charge in [-0.2, -0.15) is 0 Å². The van der Waals surface area contributed by atoms with Crippen LogP contribution in [-0.2, 0) is 20.8 Å². The average Bonchev–Trinajstić information content (AvgIpc) is 2.75. The maximum absolute atomic E-state index is 14.2. The molecule has 37 heavy (non-hydrogen) atoms. The number of benzene rings is 1. The van der Waals surface area contributed by atoms with Crippen molar-refractivity contribution in [2.75, 3.05) is 14.1 Å². The Bertz CT molecular complexity index is 1350. The van der Waals surface area contributed by atoms with E-state index in [-0.39, 0.29) is 35.5 Å². The summed E-state index contributed by atoms with van der Waals surface area (Å²) in [4.78, 5) is 53.3. The number of likely N-dealkylation sites (N-methyl/N-ethyl adjacent to an activating group) is 1. The van der Waals surface area contributed by atoms with Crippen LogP contribution in [0.4, 0.5) is 0 Å². The normalized spacial score (nSPS) is 31.5. The SMILES string of the molecule is CC(=O)C1=C(O)[C@]2(O)C(=O)C3=C(O)c4c(O)c(C=O)cc(C(C)C)c4C[C@]3(C)C[C@]2(C)C(N(C)C)C1=O. The molecule has 4 N–H and O–H groups in total. The first-order chi connectivity index (χ1) is 17.0. The molecule has 1 unspecified atom stereocenters. The lowest BCUT2D eigenvalue weighted by molar-refractivity contribution is -0.175. The van der Waals surface area contributed by atoms with E-state index in [1.54, 1.807) is 27.1 Å². The van der Waals surface area contributed by atoms with Crippen LogP contribution in [0.25, 0.3) is 5.76 Å². The molecular formula is C28H33NO8. The van der Waals surface area contributed by atoms with Crippen LogP contribution in [-0.4, -0.2) is 74.7 Å². The third-order valence-corrected chi connectivity index (χ3v) is 8.55. The largest absolute Gasteiger partial charge is 0.508 e. The van der Waals surface area contributed by atoms with Crippen molar-refractivity contribution in [2.24, 2.45) is 10.8 Å². The third kappa shape index (κ3) is 3.16. The summed E-state index contributed by atoms with van der Waals surface area (Å²) in [5.41, 5.74) is -5.11. The molecule has 0 heterocycles. The van der Waals surface area contributed by atoms with Gasteiger partial charge in [-0.3, -0.25) is 24.1 Å². The van der Waals surface area contributed by atoms with Crippen molar-refractivity contribution in [1.82, 2.24) is 4.90 Å². The summed E-state index contributed by atoms with van der Waals surface area (Å²) in [6.07, 6.45) is 0.610. The van der Waals surface area contributed by atoms with Gasteiger partial charge in [-0.1, -0.05) is 27.7 Å². The Labute approximate surface area is 215 Å². The van der Waals surface area contributed by atoms with Gasteiger partial charge in [0, 0.05) is 16.4 Å². The highest BCUT2D eigenvalue weighted by Gasteiger charge is 2.72. The van der Waals surface area contributed by atoms with E-state index in [0.717, 1.165) is 6.92 Å². The van der Waals surface area contributed by atoms with Gasteiger partial charge in [-0.05, 0) is 57.0 Å². The Kier molecular flexibility index (Phi) is 5.86. The number of carbonyl (C=O) groups is 4. The fraction of sp³-hybridized carbons (Fsp3) is 0.500. The second-order valence-corrected chi connectivity index (χ2v) is 11.6. The first-order valence-corrected chi connectivity index (χ1v) is 12.2. The van der Waals surface area contributed by atoms with Crippen LogP contribution in [0.1, 0.15) is 74.0 Å². The average molecular weight is 512 g/mol. The summed E-state index contributed by atoms with van der Waals surface area (Å²) in [6.45, 7) is 8.14. The number of aliphatic hydroxyl groups excluding tert-OH is 2. The lowest BCUT2D eigenvalue weighted by Gasteiger charge is -2.60. The summed E-state index contributed by atoms with van der Waals surface area (Å²) < 4.78 is 0. The van der Waals surface area contributed by atoms with E-state index >= 15 is 0 Å². The summed E-state index contributed by atoms with van der Waals surface area (Å²) in [5.74, 6) is -4.74. The van der Waals surface area contributed by atoms with Gasteiger partial charge in [0.25, 0.3) is 0 Å². The predicted molar refractivity (Wildman–Crippen MR) is 134 cm³/mol. The van der Waals surface area contributed by atoms with E-state index in [1.165, 1.54) is 11.8 Å². The molecule has 3 aliphatic rings. The molecule has 4 atom stereocenters. The smallest absolute Gasteiger partial charge is 0.203 e. The fourth-order valence-corrected chi connectivity index (χ4v) is 7.15. The Morgan fingerprint density at radius 2 is 1.76 bits per heavy atom. The molecule has 9 heteroatoms. The highest BCUT2D eigenvalue weighted by molar-refractivity contribution is 6.25. The van der Waals surface area contributed by atoms with E-state index in [9.17, 15) is 39.6 Å². The number of hydrogen-bond acceptors (Lipinski definition) is 9. The number of fused-ring (bicyclic) bond motifs is 3. The quantitative estimate of drug-likeness (QED) is 0.353. The number of ketones is 3. The standard InChI is InChI=1S/C28H33NO8/c1-12(2)15-8-14(10-30)20(32)18-16(15)9-26(4)11-27(5)23(29(6)7)22(34)17(13(3)31)24(35)28(27,37)25(36)19(26)21(18)33/h8,10,12,23,32-33,35,37H,9,11H2,1-7H3/t23?,26-,27-,28+/m1/s1. The highest BCUT2D eigenvalue weighted by atomic mass is 16.3. The minimum atomic E-state index is -2.70. The molecule has 1 aromatic carbocycles. The summed E-state index contributed by atoms with van der Waals surface area (Å²) >= 11 is 0. The zero-order valence-corrected chi connectivity index (χ0v) is 22.1. The zero-order chi connectivity index (χ0) is 28.0. The number of aromatic hydroxyl groups is 1. The lowest BCUT2D eigenvalue weighted by Crippen LogP contribution is -2.72. The van der Waals surface area contributed by atoms with Crippen LogP contribution in [0.15, 0.2) is 23.0 Å². The fourth-order valence-electron chi connectivity index (χ4n) is 7.15. The van der Waals surface area contributed by atoms with Gasteiger partial charge in [-0.25, -0.2) is 0 Å². The van der Waals surface area contributed by atoms with E-state index in [1.807, 2.05) is 13.8 Å². The zero-order valence-electron chi connectivity index (χ0n) is 22.1. The molecule has 4 rings (SSSR count). The second-order valence-electron chi connectivity index (χ2n) is 11.6. The Morgan fingerprint density at radius 1 is 1.16 bits per heavy atom. The van der Waals surface area contributed by atoms with Crippen molar-refractivity contribution in [1.29, 1.82) is 0 Å². The van der Waals surface area contributed by atoms with Crippen molar-refractivity contribution < 1.29 is 39.6 Å². The molecule has 0 amide bonds. The molecule has 0 bridgehead atoms. The second kappa shape index (κ2) is 8.10. The van der Waals surface area contributed by atoms with Crippen LogP contribution in [0, 0.1) is 10.8 Å². The maximum atomic E-state index is 14.2. The maximum Gasteiger partial charge on any atom is 0.203 e. The van der Waals surface area contributed by atoms with Crippen molar-refractivity contribution in [2.45, 2.75) is 65.0 Å². The molecule has 198 valence electrons. The van der Waals surface area contributed by atoms with Crippen LogP contribution in [0.2, 0.25) is 0 Å². The van der Waals surface area contributed by atoms with Gasteiger partial charge in [0.05, 0.1) is 17.2 Å². The topological polar surface area (TPSA) is 152 Å². The molecule has 1 aromatic rings. The van der Waals surface area contributed by atoms with Gasteiger partial charge in [-0.15, -0.1) is 0 Å². The first-order valence-electron chi connectivity index (χ1n) is 12.2. The molecule has 3 aliphatic carbocycles. The van der Waals surface area contributed by atoms with E-state index in [2.05, 4.69) is 0 Å². The van der Waals surface area contributed by atoms with Gasteiger partial charge in [0.15, 0.2) is 23.5 Å². The molecule has 0 aliphatic heterocycles. The molecule has 0 radical (unpaired) electrons. The molecule has 1 saturated carbocycles. The van der Waals surface area contributed by atoms with Crippen LogP contribution < -0.4 is 0 Å². The van der Waals surface area contributed by atoms with E-state index in [0.29, 0.717) is 17.4 Å². The van der Waals surface area contributed by atoms with E-state index in [4.69, 9.17) is 0 Å². The molecule has 0 saturated heterocycles. The predicted octanol–water partition coefficient (Wildman–Crippen LogP) is 2.78. The van der Waals surface area contributed by atoms with Gasteiger partial charge in [0.1, 0.15) is 22.8 Å². The monoisotopic (exact) mass is 511 g/mol. The Balaban J connectivity index is 2.13. The molecular weight excluding hydrogens is 478 g/mol. The number of phenolic OH excluding ortho intramolecular Hbond substituents is 1. The van der Waals surface area contributed by atoms with Gasteiger partial charge < -0.3 is 20.4 Å². The summed E-state index contributed by atoms with van der Waals surface area (Å²) in [7, 11) is 3.19. The molecule has 1 fully saturated rings. The Morgan fingerprint density at radius 3 is 2.24 bits per heavy atom. The summed E-state index contributed by atoms with van der Waals surface area (Å²) in [5, 5.41) is 45.6. The number of phenols is 1. The number of nitrogens with zero attached hydrogens (tertiary/aromatic N) is 1. The number of hydrogen-bond donors (Lipinski definition) is 4. The third-order valence-electron chi connectivity index (χ3n) is 8.55. The van der Waals surface area contributed by atoms with Crippen LogP contribution >= 0.6 is 0 Å². The highest BCUT2D eigenvalue weighted by Crippen LogP contribution is 2.63. The molecule has 0 aromatic heterocycles. The number of rotatable bonds is 4. The van der Waals surface area contributed by atoms with Crippen LogP contribution in [0.3, 0.4) is 0 Å². The van der Waals surface area contributed by atoms with Crippen molar-refractivity contribution in [3.8, 4) is 5.75 Å². The van der Waals surface area contributed by atoms with Crippen molar-refractivity contribution >= 4 is 29.4 Å². The number of Topliss-reactive ketones (excluding diaryl/α,β-unsaturated/α-hetero) is 3. The first kappa shape index (κ1) is 26.8. The van der Waals surface area contributed by atoms with Gasteiger partial charge in [0.2, 0.25) is 5.78 Å². The number of aliphatic hydroxyl groups is 3. The van der Waals surface area contributed by atoms with E-state index < -0.39 is 62.7 Å². The molecule has 0 spiro atoms. The van der Waals surface area contributed by atoms with Crippen LogP contribution in [0.5, 0.6) is 5.75 Å². The van der Waals surface area contributed by atoms with Gasteiger partial charge >= 0.3 is 0 Å². The van der Waals surface area contributed by atoms with Crippen molar-refractivity contribution in [3.05, 3.63) is 45.2 Å². The minimum Gasteiger partial charge on any atom is -0.508 e. The summed E-state index contributed by atoms with van der Waals surface area (Å²) in [6, 6.07) is 0.435. The molecule has 9 nitrogen and oxygen atoms in total. The van der Waals surface area contributed by atoms with Crippen molar-refractivity contribution in [3.63, 3.8) is 0 Å². The number of aldehydes is 1. The number of carbonyl (C=O) groups excluding carboxylic acids is 4. The lowest BCUT2D eigenvalue weighted by atomic mass is 9.45. The Hall–Kier alpha value is -3.30. The minimum absolute atomic E-state index is 0.0152.